The Labute approximate surface area is 228 Å². The molecule has 39 heavy (non-hydrogen) atoms. The summed E-state index contributed by atoms with van der Waals surface area (Å²) in [4.78, 5) is 38.0. The van der Waals surface area contributed by atoms with Crippen molar-refractivity contribution in [3.8, 4) is 0 Å². The van der Waals surface area contributed by atoms with Gasteiger partial charge in [0.25, 0.3) is 0 Å². The number of ether oxygens (including phenoxy) is 4. The van der Waals surface area contributed by atoms with Gasteiger partial charge in [-0.2, -0.15) is 0 Å². The first-order valence-electron chi connectivity index (χ1n) is 14.1. The Hall–Kier alpha value is -2.39. The van der Waals surface area contributed by atoms with Crippen molar-refractivity contribution in [2.24, 2.45) is 33.5 Å². The van der Waals surface area contributed by atoms with Gasteiger partial charge in [0, 0.05) is 47.5 Å². The van der Waals surface area contributed by atoms with E-state index in [0.717, 1.165) is 5.56 Å². The van der Waals surface area contributed by atoms with Gasteiger partial charge >= 0.3 is 17.9 Å². The van der Waals surface area contributed by atoms with Crippen LogP contribution in [0.5, 0.6) is 0 Å². The smallest absolute Gasteiger partial charge is 0.339 e. The second-order valence-corrected chi connectivity index (χ2v) is 13.8. The van der Waals surface area contributed by atoms with Crippen LogP contribution in [-0.2, 0) is 33.3 Å². The minimum absolute atomic E-state index is 0.126. The van der Waals surface area contributed by atoms with Crippen molar-refractivity contribution in [1.29, 1.82) is 0 Å². The van der Waals surface area contributed by atoms with Crippen LogP contribution in [0.2, 0.25) is 0 Å². The van der Waals surface area contributed by atoms with Gasteiger partial charge in [0.1, 0.15) is 23.9 Å². The second-order valence-electron chi connectivity index (χ2n) is 13.8. The molecule has 0 bridgehead atoms. The van der Waals surface area contributed by atoms with Crippen molar-refractivity contribution in [2.75, 3.05) is 0 Å². The van der Waals surface area contributed by atoms with E-state index in [0.29, 0.717) is 25.7 Å². The summed E-state index contributed by atoms with van der Waals surface area (Å²) in [5.74, 6) is -1.48. The highest BCUT2D eigenvalue weighted by Crippen LogP contribution is 2.80. The van der Waals surface area contributed by atoms with Crippen molar-refractivity contribution in [3.05, 3.63) is 24.2 Å². The number of aliphatic hydroxyl groups excluding tert-OH is 1. The Morgan fingerprint density at radius 3 is 2.26 bits per heavy atom. The fourth-order valence-electron chi connectivity index (χ4n) is 10.2. The predicted molar refractivity (Wildman–Crippen MR) is 136 cm³/mol. The SMILES string of the molecule is CC(=O)OC1CC(O)C2(C)C(CC(OC(C)=O)C3(C)C2CCC2(C)C(c4ccoc4)OC(=O)C4OC423)C1(C)C. The van der Waals surface area contributed by atoms with Crippen LogP contribution >= 0.6 is 0 Å². The number of epoxide rings is 1. The van der Waals surface area contributed by atoms with Crippen molar-refractivity contribution >= 4 is 17.9 Å². The van der Waals surface area contributed by atoms with Crippen LogP contribution in [0.15, 0.2) is 23.0 Å². The first-order valence-corrected chi connectivity index (χ1v) is 14.1. The molecule has 9 heteroatoms. The van der Waals surface area contributed by atoms with Crippen molar-refractivity contribution in [3.63, 3.8) is 0 Å². The predicted octanol–water partition coefficient (Wildman–Crippen LogP) is 4.12. The van der Waals surface area contributed by atoms with Crippen LogP contribution in [0.1, 0.15) is 85.8 Å². The number of rotatable bonds is 3. The molecule has 2 aliphatic heterocycles. The quantitative estimate of drug-likeness (QED) is 0.340. The monoisotopic (exact) mass is 544 g/mol. The number of carbonyl (C=O) groups excluding carboxylic acids is 3. The molecule has 9 nitrogen and oxygen atoms in total. The van der Waals surface area contributed by atoms with Crippen molar-refractivity contribution < 1.29 is 42.9 Å². The van der Waals surface area contributed by atoms with Crippen LogP contribution in [0.4, 0.5) is 0 Å². The number of furan rings is 1. The lowest BCUT2D eigenvalue weighted by Gasteiger charge is -2.71. The van der Waals surface area contributed by atoms with Gasteiger partial charge in [0.2, 0.25) is 0 Å². The van der Waals surface area contributed by atoms with E-state index in [9.17, 15) is 19.5 Å². The standard InChI is InChI=1S/C30H40O9/c1-15(31)36-21-13-20(33)28(6)18-8-10-27(5)23(17-9-11-35-14-17)38-25(34)24-30(27,39-24)29(18,7)22(37-16(2)32)12-19(28)26(21,3)4/h9,11,14,18-24,33H,8,10,12-13H2,1-7H3. The molecular formula is C30H40O9. The summed E-state index contributed by atoms with van der Waals surface area (Å²) in [6.45, 7) is 13.3. The van der Waals surface area contributed by atoms with Crippen LogP contribution in [-0.4, -0.2) is 53.0 Å². The molecule has 1 N–H and O–H groups in total. The largest absolute Gasteiger partial charge is 0.472 e. The summed E-state index contributed by atoms with van der Waals surface area (Å²) >= 11 is 0. The molecule has 0 amide bonds. The molecule has 1 aromatic rings. The number of esters is 3. The average molecular weight is 545 g/mol. The summed E-state index contributed by atoms with van der Waals surface area (Å²) in [6, 6.07) is 1.82. The lowest BCUT2D eigenvalue weighted by atomic mass is 9.34. The molecule has 11 unspecified atom stereocenters. The zero-order chi connectivity index (χ0) is 28.3. The third-order valence-corrected chi connectivity index (χ3v) is 11.9. The van der Waals surface area contributed by atoms with Gasteiger partial charge in [0.15, 0.2) is 6.10 Å². The van der Waals surface area contributed by atoms with Crippen molar-refractivity contribution in [2.45, 2.75) is 110 Å². The van der Waals surface area contributed by atoms with Crippen LogP contribution in [0.3, 0.4) is 0 Å². The van der Waals surface area contributed by atoms with E-state index in [1.54, 1.807) is 12.5 Å². The third kappa shape index (κ3) is 3.12. The molecule has 5 fully saturated rings. The summed E-state index contributed by atoms with van der Waals surface area (Å²) in [6.07, 6.45) is 2.17. The van der Waals surface area contributed by atoms with Gasteiger partial charge in [-0.05, 0) is 37.2 Å². The minimum Gasteiger partial charge on any atom is -0.472 e. The van der Waals surface area contributed by atoms with Gasteiger partial charge < -0.3 is 28.5 Å². The van der Waals surface area contributed by atoms with E-state index in [1.807, 2.05) is 6.07 Å². The van der Waals surface area contributed by atoms with E-state index < -0.39 is 69.7 Å². The highest BCUT2D eigenvalue weighted by Gasteiger charge is 2.89. The highest BCUT2D eigenvalue weighted by molar-refractivity contribution is 5.82. The molecule has 0 aromatic carbocycles. The minimum atomic E-state index is -0.953. The lowest BCUT2D eigenvalue weighted by Crippen LogP contribution is -2.75. The Bertz CT molecular complexity index is 1210. The average Bonchev–Trinajstić information content (AvgIpc) is 3.41. The lowest BCUT2D eigenvalue weighted by molar-refractivity contribution is -0.296. The maximum Gasteiger partial charge on any atom is 0.339 e. The Morgan fingerprint density at radius 1 is 0.974 bits per heavy atom. The molecule has 214 valence electrons. The molecule has 11 atom stereocenters. The molecule has 1 spiro atoms. The first-order chi connectivity index (χ1) is 18.2. The normalized spacial score (nSPS) is 49.3. The number of cyclic esters (lactones) is 1. The molecule has 3 heterocycles. The molecule has 2 saturated heterocycles. The van der Waals surface area contributed by atoms with Gasteiger partial charge in [-0.3, -0.25) is 9.59 Å². The van der Waals surface area contributed by atoms with Gasteiger partial charge in [-0.15, -0.1) is 0 Å². The molecule has 6 rings (SSSR count). The zero-order valence-electron chi connectivity index (χ0n) is 23.8. The Morgan fingerprint density at radius 2 is 1.64 bits per heavy atom. The maximum atomic E-state index is 13.4. The summed E-state index contributed by atoms with van der Waals surface area (Å²) < 4.78 is 29.8. The van der Waals surface area contributed by atoms with E-state index in [1.165, 1.54) is 13.8 Å². The van der Waals surface area contributed by atoms with E-state index >= 15 is 0 Å². The van der Waals surface area contributed by atoms with Gasteiger partial charge in [-0.25, -0.2) is 4.79 Å². The maximum absolute atomic E-state index is 13.4. The molecule has 0 radical (unpaired) electrons. The van der Waals surface area contributed by atoms with Gasteiger partial charge in [0.05, 0.1) is 18.6 Å². The molecule has 5 aliphatic rings. The number of aliphatic hydroxyl groups is 1. The number of hydrogen-bond donors (Lipinski definition) is 1. The van der Waals surface area contributed by atoms with E-state index in [2.05, 4.69) is 34.6 Å². The van der Waals surface area contributed by atoms with Crippen LogP contribution in [0, 0.1) is 33.5 Å². The van der Waals surface area contributed by atoms with Gasteiger partial charge in [-0.1, -0.05) is 34.6 Å². The fraction of sp³-hybridized carbons (Fsp3) is 0.767. The van der Waals surface area contributed by atoms with Crippen LogP contribution < -0.4 is 0 Å². The van der Waals surface area contributed by atoms with Crippen molar-refractivity contribution in [1.82, 2.24) is 0 Å². The Balaban J connectivity index is 1.51. The Kier molecular flexibility index (Phi) is 5.56. The third-order valence-electron chi connectivity index (χ3n) is 11.9. The van der Waals surface area contributed by atoms with Crippen LogP contribution in [0.25, 0.3) is 0 Å². The molecule has 3 aliphatic carbocycles. The number of hydrogen-bond acceptors (Lipinski definition) is 9. The summed E-state index contributed by atoms with van der Waals surface area (Å²) in [7, 11) is 0. The highest BCUT2D eigenvalue weighted by atomic mass is 16.7. The topological polar surface area (TPSA) is 125 Å². The number of fused-ring (bicyclic) bond motifs is 3. The summed E-state index contributed by atoms with van der Waals surface area (Å²) in [5, 5.41) is 11.9. The molecule has 3 saturated carbocycles. The first kappa shape index (κ1) is 26.8. The van der Waals surface area contributed by atoms with E-state index in [-0.39, 0.29) is 17.8 Å². The van der Waals surface area contributed by atoms with E-state index in [4.69, 9.17) is 23.4 Å². The molecular weight excluding hydrogens is 504 g/mol. The molecule has 1 aromatic heterocycles. The number of carbonyl (C=O) groups is 3. The fourth-order valence-corrected chi connectivity index (χ4v) is 10.2. The second kappa shape index (κ2) is 8.09. The summed E-state index contributed by atoms with van der Waals surface area (Å²) in [5.41, 5.74) is -2.69. The zero-order valence-corrected chi connectivity index (χ0v) is 23.8.